The Morgan fingerprint density at radius 3 is 2.52 bits per heavy atom. The summed E-state index contributed by atoms with van der Waals surface area (Å²) in [5, 5.41) is 2.03. The summed E-state index contributed by atoms with van der Waals surface area (Å²) in [7, 11) is 0. The molecule has 1 aliphatic heterocycles. The van der Waals surface area contributed by atoms with Crippen LogP contribution in [-0.4, -0.2) is 35.0 Å². The summed E-state index contributed by atoms with van der Waals surface area (Å²) < 4.78 is 43.7. The van der Waals surface area contributed by atoms with Gasteiger partial charge in [-0.2, -0.15) is 13.2 Å². The fraction of sp³-hybridized carbons (Fsp3) is 0.200. The first-order valence-corrected chi connectivity index (χ1v) is 8.38. The largest absolute Gasteiger partial charge is 0.471 e. The van der Waals surface area contributed by atoms with E-state index in [0.717, 1.165) is 29.1 Å². The maximum Gasteiger partial charge on any atom is 0.416 e. The van der Waals surface area contributed by atoms with Crippen LogP contribution in [0.3, 0.4) is 0 Å². The number of amides is 1. The van der Waals surface area contributed by atoms with Crippen LogP contribution >= 0.6 is 0 Å². The van der Waals surface area contributed by atoms with Crippen molar-refractivity contribution in [1.82, 2.24) is 9.88 Å². The van der Waals surface area contributed by atoms with Crippen LogP contribution in [-0.2, 0) is 6.18 Å². The molecule has 1 aliphatic rings. The zero-order chi connectivity index (χ0) is 19.0. The minimum atomic E-state index is -4.45. The van der Waals surface area contributed by atoms with Crippen LogP contribution in [0.4, 0.5) is 13.2 Å². The Balaban J connectivity index is 1.39. The summed E-state index contributed by atoms with van der Waals surface area (Å²) in [5.74, 6) is -0.217. The van der Waals surface area contributed by atoms with E-state index in [-0.39, 0.29) is 17.9 Å². The number of likely N-dealkylation sites (tertiary alicyclic amines) is 1. The SMILES string of the molecule is O=C(c1ccc2ccccc2c1)N1CC(Oc2cc(C(F)(F)F)ccn2)C1. The number of alkyl halides is 3. The molecule has 0 radical (unpaired) electrons. The maximum atomic E-state index is 12.7. The van der Waals surface area contributed by atoms with Crippen LogP contribution in [0.25, 0.3) is 10.8 Å². The van der Waals surface area contributed by atoms with Gasteiger partial charge in [0.2, 0.25) is 5.88 Å². The molecule has 7 heteroatoms. The third-order valence-electron chi connectivity index (χ3n) is 4.48. The van der Waals surface area contributed by atoms with E-state index in [9.17, 15) is 18.0 Å². The lowest BCUT2D eigenvalue weighted by Gasteiger charge is -2.38. The standard InChI is InChI=1S/C20H15F3N2O2/c21-20(22,23)16-7-8-24-18(10-16)27-17-11-25(12-17)19(26)15-6-5-13-3-1-2-4-14(13)9-15/h1-10,17H,11-12H2. The van der Waals surface area contributed by atoms with Crippen LogP contribution < -0.4 is 4.74 Å². The molecule has 1 aromatic heterocycles. The Morgan fingerprint density at radius 1 is 1.04 bits per heavy atom. The van der Waals surface area contributed by atoms with Crippen LogP contribution in [0.15, 0.2) is 60.8 Å². The highest BCUT2D eigenvalue weighted by Gasteiger charge is 2.34. The molecule has 0 spiro atoms. The van der Waals surface area contributed by atoms with E-state index in [1.807, 2.05) is 36.4 Å². The molecule has 0 atom stereocenters. The van der Waals surface area contributed by atoms with Gasteiger partial charge in [-0.25, -0.2) is 4.98 Å². The highest BCUT2D eigenvalue weighted by Crippen LogP contribution is 2.31. The molecular weight excluding hydrogens is 357 g/mol. The van der Waals surface area contributed by atoms with Gasteiger partial charge in [-0.1, -0.05) is 30.3 Å². The molecule has 1 saturated heterocycles. The Bertz CT molecular complexity index is 998. The minimum Gasteiger partial charge on any atom is -0.471 e. The number of aromatic nitrogens is 1. The van der Waals surface area contributed by atoms with E-state index < -0.39 is 11.7 Å². The third-order valence-corrected chi connectivity index (χ3v) is 4.48. The number of nitrogens with zero attached hydrogens (tertiary/aromatic N) is 2. The zero-order valence-corrected chi connectivity index (χ0v) is 14.1. The fourth-order valence-corrected chi connectivity index (χ4v) is 3.00. The summed E-state index contributed by atoms with van der Waals surface area (Å²) >= 11 is 0. The Kier molecular flexibility index (Phi) is 4.22. The summed E-state index contributed by atoms with van der Waals surface area (Å²) in [4.78, 5) is 18.0. The molecular formula is C20H15F3N2O2. The Hall–Kier alpha value is -3.09. The number of ether oxygens (including phenoxy) is 1. The van der Waals surface area contributed by atoms with Crippen LogP contribution in [0.1, 0.15) is 15.9 Å². The molecule has 138 valence electrons. The molecule has 2 heterocycles. The number of carbonyl (C=O) groups excluding carboxylic acids is 1. The van der Waals surface area contributed by atoms with Crippen molar-refractivity contribution in [3.05, 3.63) is 71.9 Å². The lowest BCUT2D eigenvalue weighted by molar-refractivity contribution is -0.137. The molecule has 1 fully saturated rings. The minimum absolute atomic E-state index is 0.0902. The lowest BCUT2D eigenvalue weighted by Crippen LogP contribution is -2.56. The predicted molar refractivity (Wildman–Crippen MR) is 93.5 cm³/mol. The van der Waals surface area contributed by atoms with E-state index >= 15 is 0 Å². The average molecular weight is 372 g/mol. The number of hydrogen-bond donors (Lipinski definition) is 0. The van der Waals surface area contributed by atoms with E-state index in [2.05, 4.69) is 4.98 Å². The van der Waals surface area contributed by atoms with Crippen LogP contribution in [0.2, 0.25) is 0 Å². The highest BCUT2D eigenvalue weighted by molar-refractivity contribution is 5.99. The lowest BCUT2D eigenvalue weighted by atomic mass is 10.0. The molecule has 0 saturated carbocycles. The second-order valence-electron chi connectivity index (χ2n) is 6.39. The summed E-state index contributed by atoms with van der Waals surface area (Å²) in [6.45, 7) is 0.618. The molecule has 1 amide bonds. The normalized spacial score (nSPS) is 14.9. The first-order valence-electron chi connectivity index (χ1n) is 8.38. The van der Waals surface area contributed by atoms with E-state index in [1.165, 1.54) is 0 Å². The number of fused-ring (bicyclic) bond motifs is 1. The third kappa shape index (κ3) is 3.58. The second kappa shape index (κ2) is 6.57. The molecule has 4 rings (SSSR count). The highest BCUT2D eigenvalue weighted by atomic mass is 19.4. The van der Waals surface area contributed by atoms with E-state index in [0.29, 0.717) is 18.7 Å². The van der Waals surface area contributed by atoms with Crippen molar-refractivity contribution in [3.8, 4) is 5.88 Å². The predicted octanol–water partition coefficient (Wildman–Crippen LogP) is 4.16. The maximum absolute atomic E-state index is 12.7. The number of halogens is 3. The topological polar surface area (TPSA) is 42.4 Å². The number of benzene rings is 2. The first kappa shape index (κ1) is 17.3. The first-order chi connectivity index (χ1) is 12.9. The van der Waals surface area contributed by atoms with Gasteiger partial charge in [-0.05, 0) is 29.0 Å². The smallest absolute Gasteiger partial charge is 0.416 e. The van der Waals surface area contributed by atoms with Crippen molar-refractivity contribution in [3.63, 3.8) is 0 Å². The van der Waals surface area contributed by atoms with Crippen molar-refractivity contribution in [1.29, 1.82) is 0 Å². The van der Waals surface area contributed by atoms with Crippen molar-refractivity contribution in [2.24, 2.45) is 0 Å². The number of pyridine rings is 1. The van der Waals surface area contributed by atoms with Gasteiger partial charge in [-0.15, -0.1) is 0 Å². The number of carbonyl (C=O) groups is 1. The van der Waals surface area contributed by atoms with Gasteiger partial charge in [0.15, 0.2) is 0 Å². The molecule has 2 aromatic carbocycles. The number of hydrogen-bond acceptors (Lipinski definition) is 3. The molecule has 4 nitrogen and oxygen atoms in total. The van der Waals surface area contributed by atoms with Crippen LogP contribution in [0, 0.1) is 0 Å². The Labute approximate surface area is 153 Å². The molecule has 0 unspecified atom stereocenters. The van der Waals surface area contributed by atoms with Crippen LogP contribution in [0.5, 0.6) is 5.88 Å². The van der Waals surface area contributed by atoms with Gasteiger partial charge in [-0.3, -0.25) is 4.79 Å². The van der Waals surface area contributed by atoms with Crippen molar-refractivity contribution < 1.29 is 22.7 Å². The Morgan fingerprint density at radius 2 is 1.78 bits per heavy atom. The summed E-state index contributed by atoms with van der Waals surface area (Å²) in [6, 6.07) is 15.0. The van der Waals surface area contributed by atoms with Gasteiger partial charge in [0, 0.05) is 17.8 Å². The molecule has 3 aromatic rings. The zero-order valence-electron chi connectivity index (χ0n) is 14.1. The molecule has 27 heavy (non-hydrogen) atoms. The van der Waals surface area contributed by atoms with Gasteiger partial charge in [0.1, 0.15) is 6.10 Å². The van der Waals surface area contributed by atoms with Crippen molar-refractivity contribution >= 4 is 16.7 Å². The van der Waals surface area contributed by atoms with E-state index in [4.69, 9.17) is 4.74 Å². The van der Waals surface area contributed by atoms with E-state index in [1.54, 1.807) is 11.0 Å². The van der Waals surface area contributed by atoms with Gasteiger partial charge in [0.25, 0.3) is 5.91 Å². The fourth-order valence-electron chi connectivity index (χ4n) is 3.00. The van der Waals surface area contributed by atoms with Gasteiger partial charge < -0.3 is 9.64 Å². The average Bonchev–Trinajstić information content (AvgIpc) is 2.63. The van der Waals surface area contributed by atoms with Crippen molar-refractivity contribution in [2.45, 2.75) is 12.3 Å². The second-order valence-corrected chi connectivity index (χ2v) is 6.39. The molecule has 0 aliphatic carbocycles. The quantitative estimate of drug-likeness (QED) is 0.693. The van der Waals surface area contributed by atoms with Gasteiger partial charge in [0.05, 0.1) is 18.7 Å². The van der Waals surface area contributed by atoms with Crippen molar-refractivity contribution in [2.75, 3.05) is 13.1 Å². The molecule has 0 bridgehead atoms. The van der Waals surface area contributed by atoms with Gasteiger partial charge >= 0.3 is 6.18 Å². The monoisotopic (exact) mass is 372 g/mol. The summed E-state index contributed by atoms with van der Waals surface area (Å²) in [5.41, 5.74) is -0.236. The molecule has 0 N–H and O–H groups in total. The summed E-state index contributed by atoms with van der Waals surface area (Å²) in [6.07, 6.45) is -3.75. The number of rotatable bonds is 3.